The molecule has 0 saturated heterocycles. The fourth-order valence-electron chi connectivity index (χ4n) is 2.15. The first-order chi connectivity index (χ1) is 11.7. The molecule has 0 radical (unpaired) electrons. The van der Waals surface area contributed by atoms with Crippen molar-refractivity contribution < 1.29 is 14.3 Å². The van der Waals surface area contributed by atoms with Crippen LogP contribution in [-0.4, -0.2) is 24.2 Å². The van der Waals surface area contributed by atoms with Crippen LogP contribution < -0.4 is 19.7 Å². The monoisotopic (exact) mass is 343 g/mol. The topological polar surface area (TPSA) is 64.8 Å². The number of hydrogen-bond acceptors (Lipinski definition) is 5. The van der Waals surface area contributed by atoms with Gasteiger partial charge in [0.15, 0.2) is 6.61 Å². The number of hydrogen-bond donors (Lipinski definition) is 1. The van der Waals surface area contributed by atoms with Crippen molar-refractivity contribution in [3.63, 3.8) is 0 Å². The van der Waals surface area contributed by atoms with Crippen LogP contribution in [0.2, 0.25) is 0 Å². The molecule has 7 heteroatoms. The molecule has 0 unspecified atom stereocenters. The van der Waals surface area contributed by atoms with Crippen LogP contribution in [0.4, 0.5) is 0 Å². The second-order valence-electron chi connectivity index (χ2n) is 5.02. The molecule has 1 N–H and O–H groups in total. The van der Waals surface area contributed by atoms with Crippen LogP contribution in [0.1, 0.15) is 0 Å². The first-order valence-electron chi connectivity index (χ1n) is 7.31. The highest BCUT2D eigenvalue weighted by Gasteiger charge is 2.04. The molecule has 0 spiro atoms. The minimum atomic E-state index is -0.316. The van der Waals surface area contributed by atoms with E-state index in [1.54, 1.807) is 31.4 Å². The molecule has 24 heavy (non-hydrogen) atoms. The second kappa shape index (κ2) is 7.18. The maximum Gasteiger partial charge on any atom is 0.278 e. The molecule has 2 aromatic carbocycles. The van der Waals surface area contributed by atoms with E-state index in [9.17, 15) is 4.79 Å². The first-order valence-corrected chi connectivity index (χ1v) is 8.13. The van der Waals surface area contributed by atoms with E-state index in [2.05, 4.69) is 10.5 Å². The lowest BCUT2D eigenvalue weighted by Gasteiger charge is -2.05. The average molecular weight is 343 g/mol. The Kier molecular flexibility index (Phi) is 4.81. The Morgan fingerprint density at radius 1 is 1.17 bits per heavy atom. The predicted octanol–water partition coefficient (Wildman–Crippen LogP) is 2.26. The lowest BCUT2D eigenvalue weighted by molar-refractivity contribution is -0.123. The summed E-state index contributed by atoms with van der Waals surface area (Å²) in [7, 11) is 3.51. The molecule has 0 atom stereocenters. The molecule has 0 aliphatic heterocycles. The number of amides is 1. The molecule has 1 amide bonds. The lowest BCUT2D eigenvalue weighted by Crippen LogP contribution is -2.27. The summed E-state index contributed by atoms with van der Waals surface area (Å²) in [6.45, 7) is -0.107. The molecule has 6 nitrogen and oxygen atoms in total. The van der Waals surface area contributed by atoms with E-state index in [-0.39, 0.29) is 12.5 Å². The summed E-state index contributed by atoms with van der Waals surface area (Å²) in [6, 6.07) is 15.0. The van der Waals surface area contributed by atoms with Crippen LogP contribution in [0.3, 0.4) is 0 Å². The third-order valence-corrected chi connectivity index (χ3v) is 4.53. The number of carbonyl (C=O) groups is 1. The van der Waals surface area contributed by atoms with Crippen molar-refractivity contribution in [3.8, 4) is 11.5 Å². The normalized spacial score (nSPS) is 11.5. The summed E-state index contributed by atoms with van der Waals surface area (Å²) in [5, 5.41) is 4.16. The molecule has 0 bridgehead atoms. The van der Waals surface area contributed by atoms with Crippen LogP contribution in [-0.2, 0) is 11.8 Å². The number of carbonyl (C=O) groups excluding carboxylic acids is 1. The van der Waals surface area contributed by atoms with Crippen LogP contribution in [0.15, 0.2) is 53.6 Å². The third kappa shape index (κ3) is 3.57. The van der Waals surface area contributed by atoms with E-state index in [1.807, 2.05) is 35.9 Å². The van der Waals surface area contributed by atoms with Gasteiger partial charge in [-0.15, -0.1) is 5.10 Å². The fourth-order valence-corrected chi connectivity index (χ4v) is 3.13. The van der Waals surface area contributed by atoms with Crippen molar-refractivity contribution in [1.82, 2.24) is 9.99 Å². The fraction of sp³-hybridized carbons (Fsp3) is 0.176. The molecular weight excluding hydrogens is 326 g/mol. The van der Waals surface area contributed by atoms with Crippen LogP contribution in [0.5, 0.6) is 11.5 Å². The van der Waals surface area contributed by atoms with E-state index >= 15 is 0 Å². The zero-order valence-electron chi connectivity index (χ0n) is 13.4. The van der Waals surface area contributed by atoms with Crippen LogP contribution >= 0.6 is 11.3 Å². The van der Waals surface area contributed by atoms with Crippen LogP contribution in [0.25, 0.3) is 10.2 Å². The Balaban J connectivity index is 1.62. The van der Waals surface area contributed by atoms with Crippen molar-refractivity contribution in [1.29, 1.82) is 0 Å². The van der Waals surface area contributed by atoms with Gasteiger partial charge >= 0.3 is 0 Å². The average Bonchev–Trinajstić information content (AvgIpc) is 2.95. The van der Waals surface area contributed by atoms with Crippen molar-refractivity contribution in [2.24, 2.45) is 12.1 Å². The van der Waals surface area contributed by atoms with Gasteiger partial charge in [-0.2, -0.15) is 0 Å². The molecule has 124 valence electrons. The highest BCUT2D eigenvalue weighted by molar-refractivity contribution is 7.16. The molecule has 1 aromatic heterocycles. The summed E-state index contributed by atoms with van der Waals surface area (Å²) in [4.78, 5) is 12.6. The first kappa shape index (κ1) is 16.1. The summed E-state index contributed by atoms with van der Waals surface area (Å²) < 4.78 is 13.5. The van der Waals surface area contributed by atoms with Crippen molar-refractivity contribution in [2.45, 2.75) is 0 Å². The Bertz CT molecular complexity index is 913. The number of aromatic nitrogens is 1. The van der Waals surface area contributed by atoms with Gasteiger partial charge in [-0.3, -0.25) is 4.79 Å². The van der Waals surface area contributed by atoms with Gasteiger partial charge in [0.2, 0.25) is 4.80 Å². The van der Waals surface area contributed by atoms with Crippen molar-refractivity contribution >= 4 is 27.5 Å². The molecule has 0 aliphatic carbocycles. The van der Waals surface area contributed by atoms with Crippen molar-refractivity contribution in [3.05, 3.63) is 53.3 Å². The molecule has 0 fully saturated rings. The van der Waals surface area contributed by atoms with Gasteiger partial charge in [-0.25, -0.2) is 5.43 Å². The Morgan fingerprint density at radius 3 is 2.58 bits per heavy atom. The number of aryl methyl sites for hydroxylation is 1. The number of ether oxygens (including phenoxy) is 2. The molecule has 3 rings (SSSR count). The van der Waals surface area contributed by atoms with E-state index in [0.717, 1.165) is 16.0 Å². The van der Waals surface area contributed by atoms with Gasteiger partial charge in [0.1, 0.15) is 11.5 Å². The number of fused-ring (bicyclic) bond motifs is 1. The Morgan fingerprint density at radius 2 is 1.88 bits per heavy atom. The quantitative estimate of drug-likeness (QED) is 0.723. The molecular formula is C17H17N3O3S. The standard InChI is InChI=1S/C17H17N3O3S/c1-20-14-5-3-4-6-15(14)24-17(20)19-18-16(21)11-23-13-9-7-12(22-2)8-10-13/h3-10H,11H2,1-2H3,(H,18,21)/b19-17+. The van der Waals surface area contributed by atoms with E-state index in [4.69, 9.17) is 9.47 Å². The molecule has 3 aromatic rings. The maximum atomic E-state index is 11.9. The van der Waals surface area contributed by atoms with E-state index < -0.39 is 0 Å². The maximum absolute atomic E-state index is 11.9. The molecule has 0 aliphatic rings. The highest BCUT2D eigenvalue weighted by Crippen LogP contribution is 2.17. The Hall–Kier alpha value is -2.80. The second-order valence-corrected chi connectivity index (χ2v) is 6.03. The zero-order valence-corrected chi connectivity index (χ0v) is 14.2. The number of nitrogens with zero attached hydrogens (tertiary/aromatic N) is 2. The van der Waals surface area contributed by atoms with Gasteiger partial charge in [-0.05, 0) is 36.4 Å². The predicted molar refractivity (Wildman–Crippen MR) is 93.0 cm³/mol. The number of thiazole rings is 1. The molecule has 0 saturated carbocycles. The number of nitrogens with one attached hydrogen (secondary N) is 1. The van der Waals surface area contributed by atoms with Gasteiger partial charge < -0.3 is 14.0 Å². The minimum absolute atomic E-state index is 0.107. The summed E-state index contributed by atoms with van der Waals surface area (Å²) >= 11 is 1.51. The third-order valence-electron chi connectivity index (χ3n) is 3.42. The highest BCUT2D eigenvalue weighted by atomic mass is 32.1. The van der Waals surface area contributed by atoms with Crippen LogP contribution in [0, 0.1) is 0 Å². The summed E-state index contributed by atoms with van der Waals surface area (Å²) in [5.74, 6) is 1.01. The number of rotatable bonds is 5. The van der Waals surface area contributed by atoms with Gasteiger partial charge in [0.05, 0.1) is 17.3 Å². The lowest BCUT2D eigenvalue weighted by atomic mass is 10.3. The minimum Gasteiger partial charge on any atom is -0.497 e. The summed E-state index contributed by atoms with van der Waals surface area (Å²) in [5.41, 5.74) is 3.59. The SMILES string of the molecule is COc1ccc(OCC(=O)N/N=c2/sc3ccccc3n2C)cc1. The molecule has 1 heterocycles. The largest absolute Gasteiger partial charge is 0.497 e. The Labute approximate surface area is 143 Å². The van der Waals surface area contributed by atoms with E-state index in [1.165, 1.54) is 11.3 Å². The number of benzene rings is 2. The van der Waals surface area contributed by atoms with Gasteiger partial charge in [0, 0.05) is 7.05 Å². The van der Waals surface area contributed by atoms with Crippen molar-refractivity contribution in [2.75, 3.05) is 13.7 Å². The number of para-hydroxylation sites is 1. The van der Waals surface area contributed by atoms with Gasteiger partial charge in [-0.1, -0.05) is 23.5 Å². The smallest absolute Gasteiger partial charge is 0.278 e. The van der Waals surface area contributed by atoms with Gasteiger partial charge in [0.25, 0.3) is 5.91 Å². The summed E-state index contributed by atoms with van der Waals surface area (Å²) in [6.07, 6.45) is 0. The number of methoxy groups -OCH3 is 1. The van der Waals surface area contributed by atoms with E-state index in [0.29, 0.717) is 10.6 Å². The zero-order chi connectivity index (χ0) is 16.9.